The van der Waals surface area contributed by atoms with E-state index in [9.17, 15) is 26.7 Å². The van der Waals surface area contributed by atoms with Crippen LogP contribution < -0.4 is 14.8 Å². The van der Waals surface area contributed by atoms with Gasteiger partial charge in [0, 0.05) is 16.6 Å². The van der Waals surface area contributed by atoms with Crippen LogP contribution >= 0.6 is 11.3 Å². The van der Waals surface area contributed by atoms with Gasteiger partial charge in [0.05, 0.1) is 5.69 Å². The zero-order valence-corrected chi connectivity index (χ0v) is 16.6. The number of aryl methyl sites for hydroxylation is 1. The molecule has 0 saturated carbocycles. The molecule has 1 aromatic carbocycles. The molecule has 164 valence electrons. The van der Waals surface area contributed by atoms with Crippen LogP contribution in [-0.2, 0) is 0 Å². The highest BCUT2D eigenvalue weighted by Gasteiger charge is 2.29. The number of nitrogens with one attached hydrogen (secondary N) is 1. The second-order valence-corrected chi connectivity index (χ2v) is 7.24. The van der Waals surface area contributed by atoms with Gasteiger partial charge >= 0.3 is 12.8 Å². The highest BCUT2D eigenvalue weighted by molar-refractivity contribution is 7.16. The van der Waals surface area contributed by atoms with Crippen molar-refractivity contribution in [1.82, 2.24) is 9.97 Å². The third-order valence-electron chi connectivity index (χ3n) is 3.76. The molecule has 0 aliphatic heterocycles. The average Bonchev–Trinajstić information content (AvgIpc) is 3.06. The van der Waals surface area contributed by atoms with Gasteiger partial charge in [-0.1, -0.05) is 0 Å². The van der Waals surface area contributed by atoms with Crippen LogP contribution in [-0.4, -0.2) is 35.3 Å². The molecule has 2 aromatic heterocycles. The third-order valence-corrected chi connectivity index (χ3v) is 4.64. The van der Waals surface area contributed by atoms with E-state index in [2.05, 4.69) is 24.8 Å². The summed E-state index contributed by atoms with van der Waals surface area (Å²) in [4.78, 5) is 21.2. The number of nitrogens with zero attached hydrogens (tertiary/aromatic N) is 2. The SMILES string of the molecule is Cc1sc(NC(=O)c2cccnc2OCC(F)(F)F)nc1-c1ccc(OC(F)F)cc1. The number of hydrogen-bond donors (Lipinski definition) is 1. The monoisotopic (exact) mass is 459 g/mol. The molecule has 31 heavy (non-hydrogen) atoms. The maximum Gasteiger partial charge on any atom is 0.422 e. The Morgan fingerprint density at radius 1 is 1.19 bits per heavy atom. The maximum atomic E-state index is 12.5. The van der Waals surface area contributed by atoms with Crippen molar-refractivity contribution in [2.24, 2.45) is 0 Å². The first-order chi connectivity index (χ1) is 14.6. The van der Waals surface area contributed by atoms with Crippen molar-refractivity contribution >= 4 is 22.4 Å². The number of hydrogen-bond acceptors (Lipinski definition) is 6. The highest BCUT2D eigenvalue weighted by Crippen LogP contribution is 2.32. The van der Waals surface area contributed by atoms with Gasteiger partial charge in [-0.25, -0.2) is 9.97 Å². The van der Waals surface area contributed by atoms with Crippen LogP contribution in [0.1, 0.15) is 15.2 Å². The molecule has 0 atom stereocenters. The molecule has 2 heterocycles. The van der Waals surface area contributed by atoms with Crippen LogP contribution in [0, 0.1) is 6.92 Å². The standard InChI is InChI=1S/C19H14F5N3O3S/c1-10-14(11-4-6-12(7-5-11)30-17(20)21)26-18(31-10)27-15(28)13-3-2-8-25-16(13)29-9-19(22,23)24/h2-8,17H,9H2,1H3,(H,26,27,28). The molecule has 0 unspecified atom stereocenters. The van der Waals surface area contributed by atoms with Gasteiger partial charge in [0.15, 0.2) is 11.7 Å². The lowest BCUT2D eigenvalue weighted by Crippen LogP contribution is -2.21. The molecule has 1 N–H and O–H groups in total. The number of carbonyl (C=O) groups is 1. The Labute approximate surface area is 176 Å². The highest BCUT2D eigenvalue weighted by atomic mass is 32.1. The van der Waals surface area contributed by atoms with Crippen molar-refractivity contribution in [1.29, 1.82) is 0 Å². The van der Waals surface area contributed by atoms with E-state index in [1.165, 1.54) is 42.6 Å². The van der Waals surface area contributed by atoms with Crippen LogP contribution in [0.4, 0.5) is 27.1 Å². The maximum absolute atomic E-state index is 12.5. The molecule has 0 radical (unpaired) electrons. The van der Waals surface area contributed by atoms with Gasteiger partial charge in [0.1, 0.15) is 11.3 Å². The number of anilines is 1. The molecule has 6 nitrogen and oxygen atoms in total. The third kappa shape index (κ3) is 6.10. The smallest absolute Gasteiger partial charge is 0.422 e. The van der Waals surface area contributed by atoms with Crippen LogP contribution in [0.3, 0.4) is 0 Å². The molecule has 0 saturated heterocycles. The van der Waals surface area contributed by atoms with Gasteiger partial charge in [0.2, 0.25) is 5.88 Å². The predicted octanol–water partition coefficient (Wildman–Crippen LogP) is 5.31. The number of thiazole rings is 1. The van der Waals surface area contributed by atoms with Crippen LogP contribution in [0.25, 0.3) is 11.3 Å². The fourth-order valence-electron chi connectivity index (χ4n) is 2.51. The quantitative estimate of drug-likeness (QED) is 0.485. The molecule has 0 aliphatic carbocycles. The Morgan fingerprint density at radius 3 is 2.55 bits per heavy atom. The number of ether oxygens (including phenoxy) is 2. The number of benzene rings is 1. The molecule has 0 bridgehead atoms. The summed E-state index contributed by atoms with van der Waals surface area (Å²) in [5.74, 6) is -1.21. The largest absolute Gasteiger partial charge is 0.467 e. The Bertz CT molecular complexity index is 1050. The molecule has 12 heteroatoms. The fourth-order valence-corrected chi connectivity index (χ4v) is 3.34. The number of aromatic nitrogens is 2. The van der Waals surface area contributed by atoms with Gasteiger partial charge in [-0.15, -0.1) is 11.3 Å². The molecular weight excluding hydrogens is 445 g/mol. The average molecular weight is 459 g/mol. The van der Waals surface area contributed by atoms with Crippen molar-refractivity contribution in [3.8, 4) is 22.9 Å². The number of carbonyl (C=O) groups excluding carboxylic acids is 1. The van der Waals surface area contributed by atoms with Gasteiger partial charge in [0.25, 0.3) is 5.91 Å². The van der Waals surface area contributed by atoms with E-state index in [0.717, 1.165) is 16.2 Å². The van der Waals surface area contributed by atoms with Gasteiger partial charge in [-0.2, -0.15) is 22.0 Å². The molecule has 3 aromatic rings. The molecule has 0 aliphatic rings. The Hall–Kier alpha value is -3.28. The lowest BCUT2D eigenvalue weighted by atomic mass is 10.1. The number of amides is 1. The molecule has 3 rings (SSSR count). The minimum Gasteiger partial charge on any atom is -0.467 e. The zero-order valence-electron chi connectivity index (χ0n) is 15.7. The second-order valence-electron chi connectivity index (χ2n) is 6.04. The second kappa shape index (κ2) is 9.25. The summed E-state index contributed by atoms with van der Waals surface area (Å²) in [6.45, 7) is -2.78. The van der Waals surface area contributed by atoms with Crippen LogP contribution in [0.5, 0.6) is 11.6 Å². The van der Waals surface area contributed by atoms with Crippen LogP contribution in [0.15, 0.2) is 42.6 Å². The van der Waals surface area contributed by atoms with E-state index >= 15 is 0 Å². The van der Waals surface area contributed by atoms with Gasteiger partial charge in [-0.3, -0.25) is 10.1 Å². The topological polar surface area (TPSA) is 73.3 Å². The summed E-state index contributed by atoms with van der Waals surface area (Å²) in [6, 6.07) is 8.45. The first-order valence-electron chi connectivity index (χ1n) is 8.61. The summed E-state index contributed by atoms with van der Waals surface area (Å²) in [6.07, 6.45) is -3.38. The van der Waals surface area contributed by atoms with E-state index in [1.54, 1.807) is 6.92 Å². The van der Waals surface area contributed by atoms with E-state index in [4.69, 9.17) is 0 Å². The van der Waals surface area contributed by atoms with Crippen molar-refractivity contribution in [2.45, 2.75) is 19.7 Å². The molecule has 0 spiro atoms. The number of pyridine rings is 1. The molecular formula is C19H14F5N3O3S. The molecule has 0 fully saturated rings. The van der Waals surface area contributed by atoms with E-state index in [1.807, 2.05) is 0 Å². The summed E-state index contributed by atoms with van der Waals surface area (Å²) >= 11 is 1.13. The number of halogens is 5. The summed E-state index contributed by atoms with van der Waals surface area (Å²) < 4.78 is 70.7. The van der Waals surface area contributed by atoms with E-state index in [-0.39, 0.29) is 16.4 Å². The van der Waals surface area contributed by atoms with Gasteiger partial charge in [-0.05, 0) is 43.3 Å². The minimum atomic E-state index is -4.58. The number of alkyl halides is 5. The fraction of sp³-hybridized carbons (Fsp3) is 0.211. The van der Waals surface area contributed by atoms with Crippen molar-refractivity contribution in [3.63, 3.8) is 0 Å². The Balaban J connectivity index is 1.75. The van der Waals surface area contributed by atoms with E-state index in [0.29, 0.717) is 11.3 Å². The van der Waals surface area contributed by atoms with E-state index < -0.39 is 31.2 Å². The van der Waals surface area contributed by atoms with Crippen molar-refractivity contribution in [2.75, 3.05) is 11.9 Å². The van der Waals surface area contributed by atoms with Crippen molar-refractivity contribution in [3.05, 3.63) is 53.0 Å². The molecule has 1 amide bonds. The zero-order chi connectivity index (χ0) is 22.6. The predicted molar refractivity (Wildman–Crippen MR) is 103 cm³/mol. The lowest BCUT2D eigenvalue weighted by molar-refractivity contribution is -0.154. The van der Waals surface area contributed by atoms with Crippen LogP contribution in [0.2, 0.25) is 0 Å². The normalized spacial score (nSPS) is 11.5. The number of rotatable bonds is 7. The van der Waals surface area contributed by atoms with Gasteiger partial charge < -0.3 is 9.47 Å². The lowest BCUT2D eigenvalue weighted by Gasteiger charge is -2.11. The first kappa shape index (κ1) is 22.4. The Morgan fingerprint density at radius 2 is 1.90 bits per heavy atom. The summed E-state index contributed by atoms with van der Waals surface area (Å²) in [5, 5.41) is 2.70. The Kier molecular flexibility index (Phi) is 6.68. The summed E-state index contributed by atoms with van der Waals surface area (Å²) in [7, 11) is 0. The first-order valence-corrected chi connectivity index (χ1v) is 9.42. The van der Waals surface area contributed by atoms with Crippen molar-refractivity contribution < 1.29 is 36.2 Å². The minimum absolute atomic E-state index is 0.0110. The summed E-state index contributed by atoms with van der Waals surface area (Å²) in [5.41, 5.74) is 0.921.